The summed E-state index contributed by atoms with van der Waals surface area (Å²) in [4.78, 5) is 4.44. The van der Waals surface area contributed by atoms with E-state index in [0.717, 1.165) is 13.2 Å². The molecule has 2 heterocycles. The molecule has 0 aromatic carbocycles. The Morgan fingerprint density at radius 2 is 1.89 bits per heavy atom. The topological polar surface area (TPSA) is 22.1 Å². The van der Waals surface area contributed by atoms with Crippen molar-refractivity contribution in [3.8, 4) is 0 Å². The highest BCUT2D eigenvalue weighted by Crippen LogP contribution is 2.38. The van der Waals surface area contributed by atoms with Crippen molar-refractivity contribution in [1.29, 1.82) is 0 Å². The van der Waals surface area contributed by atoms with Crippen molar-refractivity contribution < 1.29 is 4.74 Å². The summed E-state index contributed by atoms with van der Waals surface area (Å²) < 4.78 is 5.48. The van der Waals surface area contributed by atoms with Gasteiger partial charge in [-0.1, -0.05) is 33.8 Å². The largest absolute Gasteiger partial charge is 0.381 e. The van der Waals surface area contributed by atoms with E-state index in [1.165, 1.54) is 24.0 Å². The zero-order valence-electron chi connectivity index (χ0n) is 12.1. The molecule has 2 nitrogen and oxygen atoms in total. The van der Waals surface area contributed by atoms with Crippen LogP contribution in [0, 0.1) is 5.92 Å². The summed E-state index contributed by atoms with van der Waals surface area (Å²) in [6.07, 6.45) is 6.37. The Bertz CT molecular complexity index is 392. The Balaban J connectivity index is 2.25. The fraction of sp³-hybridized carbons (Fsp3) is 0.688. The second kappa shape index (κ2) is 5.40. The lowest BCUT2D eigenvalue weighted by molar-refractivity contribution is 0.0436. The van der Waals surface area contributed by atoms with E-state index >= 15 is 0 Å². The number of ether oxygens (including phenoxy) is 1. The van der Waals surface area contributed by atoms with Crippen LogP contribution in [0.4, 0.5) is 0 Å². The highest BCUT2D eigenvalue weighted by molar-refractivity contribution is 5.27. The second-order valence-corrected chi connectivity index (χ2v) is 6.27. The molecule has 18 heavy (non-hydrogen) atoms. The molecule has 1 fully saturated rings. The van der Waals surface area contributed by atoms with Crippen molar-refractivity contribution in [2.45, 2.75) is 51.9 Å². The molecule has 2 rings (SSSR count). The molecule has 0 bridgehead atoms. The van der Waals surface area contributed by atoms with E-state index in [4.69, 9.17) is 4.74 Å². The van der Waals surface area contributed by atoms with Gasteiger partial charge in [-0.25, -0.2) is 0 Å². The molecule has 1 aromatic heterocycles. The molecule has 0 unspecified atom stereocenters. The van der Waals surface area contributed by atoms with Crippen LogP contribution in [0.1, 0.15) is 57.6 Å². The van der Waals surface area contributed by atoms with Gasteiger partial charge in [0.2, 0.25) is 0 Å². The van der Waals surface area contributed by atoms with E-state index in [1.54, 1.807) is 0 Å². The van der Waals surface area contributed by atoms with Crippen molar-refractivity contribution in [2.75, 3.05) is 13.2 Å². The van der Waals surface area contributed by atoms with E-state index in [1.807, 2.05) is 12.4 Å². The van der Waals surface area contributed by atoms with Crippen LogP contribution in [0.25, 0.3) is 0 Å². The predicted octanol–water partition coefficient (Wildman–Crippen LogP) is 3.91. The number of hydrogen-bond donors (Lipinski definition) is 0. The van der Waals surface area contributed by atoms with Gasteiger partial charge in [0, 0.05) is 25.6 Å². The van der Waals surface area contributed by atoms with Gasteiger partial charge >= 0.3 is 0 Å². The van der Waals surface area contributed by atoms with E-state index < -0.39 is 0 Å². The van der Waals surface area contributed by atoms with Crippen molar-refractivity contribution in [3.05, 3.63) is 29.6 Å². The third kappa shape index (κ3) is 2.74. The predicted molar refractivity (Wildman–Crippen MR) is 74.9 cm³/mol. The van der Waals surface area contributed by atoms with Crippen LogP contribution in [0.2, 0.25) is 0 Å². The fourth-order valence-corrected chi connectivity index (χ4v) is 2.78. The third-order valence-electron chi connectivity index (χ3n) is 4.41. The minimum absolute atomic E-state index is 0.196. The van der Waals surface area contributed by atoms with Crippen LogP contribution >= 0.6 is 0 Å². The first-order chi connectivity index (χ1) is 8.51. The van der Waals surface area contributed by atoms with Gasteiger partial charge in [-0.2, -0.15) is 0 Å². The summed E-state index contributed by atoms with van der Waals surface area (Å²) in [7, 11) is 0. The molecule has 0 saturated carbocycles. The smallest absolute Gasteiger partial charge is 0.0469 e. The van der Waals surface area contributed by atoms with Gasteiger partial charge in [0.05, 0.1) is 0 Å². The summed E-state index contributed by atoms with van der Waals surface area (Å²) >= 11 is 0. The monoisotopic (exact) mass is 247 g/mol. The van der Waals surface area contributed by atoms with Gasteiger partial charge in [0.25, 0.3) is 0 Å². The standard InChI is InChI=1S/C16H25NO/c1-12(2)13-9-15(11-17-10-13)16(3,4)14-5-7-18-8-6-14/h9-12,14H,5-8H2,1-4H3. The molecular weight excluding hydrogens is 222 g/mol. The third-order valence-corrected chi connectivity index (χ3v) is 4.41. The minimum Gasteiger partial charge on any atom is -0.381 e. The first-order valence-electron chi connectivity index (χ1n) is 7.05. The van der Waals surface area contributed by atoms with Crippen molar-refractivity contribution in [1.82, 2.24) is 4.98 Å². The lowest BCUT2D eigenvalue weighted by atomic mass is 9.70. The average molecular weight is 247 g/mol. The molecule has 1 aromatic rings. The Morgan fingerprint density at radius 3 is 2.50 bits per heavy atom. The van der Waals surface area contributed by atoms with E-state index in [2.05, 4.69) is 38.7 Å². The summed E-state index contributed by atoms with van der Waals surface area (Å²) in [5.41, 5.74) is 2.91. The first kappa shape index (κ1) is 13.5. The van der Waals surface area contributed by atoms with Crippen LogP contribution in [0.3, 0.4) is 0 Å². The molecule has 0 aliphatic carbocycles. The average Bonchev–Trinajstić information content (AvgIpc) is 2.40. The minimum atomic E-state index is 0.196. The van der Waals surface area contributed by atoms with E-state index in [9.17, 15) is 0 Å². The first-order valence-corrected chi connectivity index (χ1v) is 7.05. The Hall–Kier alpha value is -0.890. The van der Waals surface area contributed by atoms with Crippen LogP contribution in [-0.2, 0) is 10.2 Å². The van der Waals surface area contributed by atoms with Crippen LogP contribution in [0.15, 0.2) is 18.5 Å². The van der Waals surface area contributed by atoms with Crippen LogP contribution in [-0.4, -0.2) is 18.2 Å². The van der Waals surface area contributed by atoms with Crippen molar-refractivity contribution in [3.63, 3.8) is 0 Å². The quantitative estimate of drug-likeness (QED) is 0.808. The highest BCUT2D eigenvalue weighted by Gasteiger charge is 2.32. The van der Waals surface area contributed by atoms with Crippen molar-refractivity contribution >= 4 is 0 Å². The molecule has 0 atom stereocenters. The molecule has 2 heteroatoms. The lowest BCUT2D eigenvalue weighted by Gasteiger charge is -2.37. The lowest BCUT2D eigenvalue weighted by Crippen LogP contribution is -2.33. The maximum Gasteiger partial charge on any atom is 0.0469 e. The second-order valence-electron chi connectivity index (χ2n) is 6.27. The molecule has 0 radical (unpaired) electrons. The van der Waals surface area contributed by atoms with Gasteiger partial charge in [-0.05, 0) is 41.2 Å². The van der Waals surface area contributed by atoms with Crippen LogP contribution < -0.4 is 0 Å². The summed E-state index contributed by atoms with van der Waals surface area (Å²) in [6, 6.07) is 2.34. The zero-order valence-corrected chi connectivity index (χ0v) is 12.1. The van der Waals surface area contributed by atoms with Gasteiger partial charge in [0.1, 0.15) is 0 Å². The summed E-state index contributed by atoms with van der Waals surface area (Å²) in [5, 5.41) is 0. The van der Waals surface area contributed by atoms with Gasteiger partial charge in [-0.3, -0.25) is 4.98 Å². The summed E-state index contributed by atoms with van der Waals surface area (Å²) in [5.74, 6) is 1.25. The number of aromatic nitrogens is 1. The Morgan fingerprint density at radius 1 is 1.22 bits per heavy atom. The van der Waals surface area contributed by atoms with Gasteiger partial charge in [-0.15, -0.1) is 0 Å². The Kier molecular flexibility index (Phi) is 4.06. The molecule has 1 aliphatic heterocycles. The normalized spacial score (nSPS) is 18.3. The molecule has 100 valence electrons. The van der Waals surface area contributed by atoms with Crippen molar-refractivity contribution in [2.24, 2.45) is 5.92 Å². The molecule has 0 spiro atoms. The van der Waals surface area contributed by atoms with E-state index in [-0.39, 0.29) is 5.41 Å². The van der Waals surface area contributed by atoms with Crippen LogP contribution in [0.5, 0.6) is 0 Å². The molecule has 1 aliphatic rings. The molecule has 0 N–H and O–H groups in total. The molecule has 0 amide bonds. The number of nitrogens with zero attached hydrogens (tertiary/aromatic N) is 1. The molecular formula is C16H25NO. The van der Waals surface area contributed by atoms with E-state index in [0.29, 0.717) is 11.8 Å². The maximum absolute atomic E-state index is 5.48. The number of pyridine rings is 1. The fourth-order valence-electron chi connectivity index (χ4n) is 2.78. The zero-order chi connectivity index (χ0) is 13.2. The molecule has 1 saturated heterocycles. The van der Waals surface area contributed by atoms with Gasteiger partial charge in [0.15, 0.2) is 0 Å². The summed E-state index contributed by atoms with van der Waals surface area (Å²) in [6.45, 7) is 11.0. The Labute approximate surface area is 111 Å². The number of hydrogen-bond acceptors (Lipinski definition) is 2. The highest BCUT2D eigenvalue weighted by atomic mass is 16.5. The maximum atomic E-state index is 5.48. The number of rotatable bonds is 3. The van der Waals surface area contributed by atoms with Gasteiger partial charge < -0.3 is 4.74 Å². The SMILES string of the molecule is CC(C)c1cncc(C(C)(C)C2CCOCC2)c1.